The largest absolute Gasteiger partial charge is 0.396 e. The number of rotatable bonds is 5. The summed E-state index contributed by atoms with van der Waals surface area (Å²) >= 11 is 0. The van der Waals surface area contributed by atoms with Crippen molar-refractivity contribution in [1.29, 1.82) is 0 Å². The smallest absolute Gasteiger partial charge is 0.258 e. The minimum atomic E-state index is -0.673. The van der Waals surface area contributed by atoms with E-state index in [9.17, 15) is 19.5 Å². The van der Waals surface area contributed by atoms with Gasteiger partial charge in [-0.3, -0.25) is 14.4 Å². The molecule has 4 atom stereocenters. The molecule has 2 amide bonds. The summed E-state index contributed by atoms with van der Waals surface area (Å²) in [6.45, 7) is 2.12. The molecule has 0 radical (unpaired) electrons. The molecule has 2 aliphatic heterocycles. The van der Waals surface area contributed by atoms with Crippen molar-refractivity contribution < 1.29 is 14.7 Å². The normalized spacial score (nSPS) is 30.1. The van der Waals surface area contributed by atoms with Crippen molar-refractivity contribution in [2.75, 3.05) is 6.61 Å². The molecule has 7 nitrogen and oxygen atoms in total. The third-order valence-electron chi connectivity index (χ3n) is 7.88. The van der Waals surface area contributed by atoms with Gasteiger partial charge in [0.15, 0.2) is 0 Å². The van der Waals surface area contributed by atoms with Crippen LogP contribution in [-0.4, -0.2) is 45.1 Å². The molecular weight excluding hydrogens is 394 g/mol. The number of nitrogens with one attached hydrogen (secondary N) is 1. The number of carbonyl (C=O) groups is 2. The average Bonchev–Trinajstić information content (AvgIpc) is 3.20. The molecule has 0 bridgehead atoms. The van der Waals surface area contributed by atoms with Crippen molar-refractivity contribution in [2.24, 2.45) is 17.8 Å². The summed E-state index contributed by atoms with van der Waals surface area (Å²) in [5.41, 5.74) is 1.32. The summed E-state index contributed by atoms with van der Waals surface area (Å²) < 4.78 is 1.74. The fraction of sp³-hybridized carbons (Fsp3) is 0.625. The van der Waals surface area contributed by atoms with Gasteiger partial charge in [-0.1, -0.05) is 18.6 Å². The average molecular weight is 426 g/mol. The van der Waals surface area contributed by atoms with E-state index in [-0.39, 0.29) is 53.8 Å². The summed E-state index contributed by atoms with van der Waals surface area (Å²) in [6.07, 6.45) is 9.40. The van der Waals surface area contributed by atoms with E-state index in [1.54, 1.807) is 21.6 Å². The number of pyridine rings is 1. The number of aliphatic hydroxyl groups is 1. The van der Waals surface area contributed by atoms with E-state index in [0.29, 0.717) is 12.1 Å². The Morgan fingerprint density at radius 2 is 1.94 bits per heavy atom. The number of fused-ring (bicyclic) bond motifs is 3. The first kappa shape index (κ1) is 20.5. The van der Waals surface area contributed by atoms with E-state index < -0.39 is 6.04 Å². The predicted molar refractivity (Wildman–Crippen MR) is 116 cm³/mol. The molecule has 3 fully saturated rings. The lowest BCUT2D eigenvalue weighted by Gasteiger charge is -2.37. The van der Waals surface area contributed by atoms with Gasteiger partial charge in [0.25, 0.3) is 5.56 Å². The van der Waals surface area contributed by atoms with E-state index in [1.165, 1.54) is 0 Å². The summed E-state index contributed by atoms with van der Waals surface area (Å²) in [5.74, 6) is -0.715. The maximum absolute atomic E-state index is 13.5. The van der Waals surface area contributed by atoms with Gasteiger partial charge in [-0.2, -0.15) is 0 Å². The molecule has 2 N–H and O–H groups in total. The SMILES string of the molecule is C/C=C/c1ccc2n(c1=O)C[C@H]1[C@H](CO)[C@@H](C(=O)NC3CCC3)N(C(=O)C3CCC3)[C@@H]21. The molecule has 2 aliphatic carbocycles. The number of aliphatic hydroxyl groups excluding tert-OH is 1. The Labute approximate surface area is 182 Å². The zero-order valence-electron chi connectivity index (χ0n) is 18.0. The molecule has 1 aromatic heterocycles. The Balaban J connectivity index is 1.55. The van der Waals surface area contributed by atoms with Crippen molar-refractivity contribution in [3.8, 4) is 0 Å². The second kappa shape index (κ2) is 7.93. The summed E-state index contributed by atoms with van der Waals surface area (Å²) in [5, 5.41) is 13.4. The van der Waals surface area contributed by atoms with Gasteiger partial charge >= 0.3 is 0 Å². The van der Waals surface area contributed by atoms with Gasteiger partial charge < -0.3 is 19.9 Å². The van der Waals surface area contributed by atoms with Crippen LogP contribution in [0.1, 0.15) is 62.7 Å². The monoisotopic (exact) mass is 425 g/mol. The molecular formula is C24H31N3O4. The molecule has 166 valence electrons. The van der Waals surface area contributed by atoms with Crippen molar-refractivity contribution in [2.45, 2.75) is 70.1 Å². The Kier molecular flexibility index (Phi) is 5.24. The molecule has 5 rings (SSSR count). The molecule has 1 aromatic rings. The van der Waals surface area contributed by atoms with E-state index in [1.807, 2.05) is 19.1 Å². The van der Waals surface area contributed by atoms with Crippen molar-refractivity contribution in [3.05, 3.63) is 39.8 Å². The zero-order chi connectivity index (χ0) is 21.7. The highest BCUT2D eigenvalue weighted by Gasteiger charge is 2.58. The van der Waals surface area contributed by atoms with E-state index >= 15 is 0 Å². The van der Waals surface area contributed by atoms with Crippen LogP contribution in [-0.2, 0) is 16.1 Å². The van der Waals surface area contributed by atoms with Crippen LogP contribution < -0.4 is 10.9 Å². The number of allylic oxidation sites excluding steroid dienone is 1. The lowest BCUT2D eigenvalue weighted by molar-refractivity contribution is -0.147. The summed E-state index contributed by atoms with van der Waals surface area (Å²) in [6, 6.07) is 2.88. The minimum Gasteiger partial charge on any atom is -0.396 e. The molecule has 4 aliphatic rings. The number of hydrogen-bond donors (Lipinski definition) is 2. The van der Waals surface area contributed by atoms with Crippen LogP contribution in [0.5, 0.6) is 0 Å². The summed E-state index contributed by atoms with van der Waals surface area (Å²) in [7, 11) is 0. The van der Waals surface area contributed by atoms with Crippen LogP contribution in [0.15, 0.2) is 23.0 Å². The number of likely N-dealkylation sites (tertiary alicyclic amines) is 1. The van der Waals surface area contributed by atoms with E-state index in [2.05, 4.69) is 5.32 Å². The van der Waals surface area contributed by atoms with Gasteiger partial charge in [-0.05, 0) is 51.2 Å². The third kappa shape index (κ3) is 3.16. The molecule has 0 aromatic carbocycles. The molecule has 3 heterocycles. The van der Waals surface area contributed by atoms with Gasteiger partial charge in [0.1, 0.15) is 6.04 Å². The zero-order valence-corrected chi connectivity index (χ0v) is 18.0. The molecule has 7 heteroatoms. The molecule has 0 spiro atoms. The topological polar surface area (TPSA) is 91.6 Å². The number of nitrogens with zero attached hydrogens (tertiary/aromatic N) is 2. The first-order valence-corrected chi connectivity index (χ1v) is 11.6. The highest BCUT2D eigenvalue weighted by Crippen LogP contribution is 2.50. The quantitative estimate of drug-likeness (QED) is 0.753. The highest BCUT2D eigenvalue weighted by atomic mass is 16.3. The molecule has 31 heavy (non-hydrogen) atoms. The highest BCUT2D eigenvalue weighted by molar-refractivity contribution is 5.90. The fourth-order valence-electron chi connectivity index (χ4n) is 5.76. The van der Waals surface area contributed by atoms with Gasteiger partial charge in [-0.15, -0.1) is 0 Å². The standard InChI is InChI=1S/C24H31N3O4/c1-2-5-14-10-11-19-20-17(12-26(19)23(14)30)18(13-28)21(22(29)25-16-8-4-9-16)27(20)24(31)15-6-3-7-15/h2,5,10-11,15-18,20-21,28H,3-4,6-9,12-13H2,1H3,(H,25,29)/b5-2+/t17-,18-,20+,21-/m0/s1. The molecule has 2 saturated carbocycles. The fourth-order valence-corrected chi connectivity index (χ4v) is 5.76. The van der Waals surface area contributed by atoms with Gasteiger partial charge in [0.05, 0.1) is 6.04 Å². The number of amides is 2. The minimum absolute atomic E-state index is 0.00406. The van der Waals surface area contributed by atoms with Crippen LogP contribution in [0, 0.1) is 17.8 Å². The van der Waals surface area contributed by atoms with Crippen LogP contribution in [0.25, 0.3) is 6.08 Å². The Morgan fingerprint density at radius 3 is 2.52 bits per heavy atom. The van der Waals surface area contributed by atoms with Crippen molar-refractivity contribution >= 4 is 17.9 Å². The van der Waals surface area contributed by atoms with Crippen LogP contribution in [0.2, 0.25) is 0 Å². The van der Waals surface area contributed by atoms with Gasteiger partial charge in [-0.25, -0.2) is 0 Å². The molecule has 0 unspecified atom stereocenters. The van der Waals surface area contributed by atoms with Gasteiger partial charge in [0.2, 0.25) is 11.8 Å². The lowest BCUT2D eigenvalue weighted by Crippen LogP contribution is -2.55. The van der Waals surface area contributed by atoms with Crippen molar-refractivity contribution in [3.63, 3.8) is 0 Å². The maximum Gasteiger partial charge on any atom is 0.258 e. The Morgan fingerprint density at radius 1 is 1.19 bits per heavy atom. The Hall–Kier alpha value is -2.41. The summed E-state index contributed by atoms with van der Waals surface area (Å²) in [4.78, 5) is 41.6. The van der Waals surface area contributed by atoms with E-state index in [4.69, 9.17) is 0 Å². The number of carbonyl (C=O) groups excluding carboxylic acids is 2. The maximum atomic E-state index is 13.5. The van der Waals surface area contributed by atoms with Gasteiger partial charge in [0, 0.05) is 48.2 Å². The van der Waals surface area contributed by atoms with Crippen LogP contribution in [0.3, 0.4) is 0 Å². The third-order valence-corrected chi connectivity index (χ3v) is 7.88. The van der Waals surface area contributed by atoms with E-state index in [0.717, 1.165) is 44.2 Å². The first-order valence-electron chi connectivity index (χ1n) is 11.6. The second-order valence-corrected chi connectivity index (χ2v) is 9.54. The second-order valence-electron chi connectivity index (χ2n) is 9.54. The lowest BCUT2D eigenvalue weighted by atomic mass is 9.83. The Bertz CT molecular complexity index is 976. The first-order chi connectivity index (χ1) is 15.0. The predicted octanol–water partition coefficient (Wildman–Crippen LogP) is 1.84. The number of aromatic nitrogens is 1. The van der Waals surface area contributed by atoms with Crippen molar-refractivity contribution in [1.82, 2.24) is 14.8 Å². The molecule has 1 saturated heterocycles. The van der Waals surface area contributed by atoms with Crippen LogP contribution in [0.4, 0.5) is 0 Å². The van der Waals surface area contributed by atoms with Crippen LogP contribution >= 0.6 is 0 Å². The number of hydrogen-bond acceptors (Lipinski definition) is 4.